The van der Waals surface area contributed by atoms with Crippen LogP contribution in [0.1, 0.15) is 41.0 Å². The molecular weight excluding hydrogens is 208 g/mol. The van der Waals surface area contributed by atoms with E-state index >= 15 is 0 Å². The molecule has 0 aliphatic rings. The van der Waals surface area contributed by atoms with Gasteiger partial charge in [0.05, 0.1) is 12.0 Å². The van der Waals surface area contributed by atoms with Crippen LogP contribution in [0.2, 0.25) is 0 Å². The molecule has 0 aromatic carbocycles. The van der Waals surface area contributed by atoms with Crippen molar-refractivity contribution in [2.45, 2.75) is 52.6 Å². The van der Waals surface area contributed by atoms with Gasteiger partial charge < -0.3 is 16.2 Å². The number of amides is 1. The molecule has 16 heavy (non-hydrogen) atoms. The van der Waals surface area contributed by atoms with Gasteiger partial charge in [0.2, 0.25) is 5.91 Å². The van der Waals surface area contributed by atoms with Crippen molar-refractivity contribution in [3.05, 3.63) is 0 Å². The van der Waals surface area contributed by atoms with Gasteiger partial charge in [-0.3, -0.25) is 9.59 Å². The number of hydrogen-bond donors (Lipinski definition) is 3. The van der Waals surface area contributed by atoms with E-state index in [0.717, 1.165) is 0 Å². The predicted molar refractivity (Wildman–Crippen MR) is 61.9 cm³/mol. The van der Waals surface area contributed by atoms with Gasteiger partial charge in [-0.1, -0.05) is 20.8 Å². The molecular formula is C11H22N2O3. The summed E-state index contributed by atoms with van der Waals surface area (Å²) in [6.45, 7) is 8.81. The van der Waals surface area contributed by atoms with Crippen molar-refractivity contribution in [2.24, 2.45) is 11.1 Å². The Kier molecular flexibility index (Phi) is 4.49. The summed E-state index contributed by atoms with van der Waals surface area (Å²) < 4.78 is 0. The molecule has 0 saturated carbocycles. The lowest BCUT2D eigenvalue weighted by Gasteiger charge is -2.32. The highest BCUT2D eigenvalue weighted by molar-refractivity contribution is 5.85. The highest BCUT2D eigenvalue weighted by atomic mass is 16.4. The molecule has 5 nitrogen and oxygen atoms in total. The van der Waals surface area contributed by atoms with Crippen LogP contribution in [0.15, 0.2) is 0 Å². The summed E-state index contributed by atoms with van der Waals surface area (Å²) in [5, 5.41) is 11.5. The van der Waals surface area contributed by atoms with Crippen LogP contribution in [0.3, 0.4) is 0 Å². The molecule has 0 aliphatic carbocycles. The quantitative estimate of drug-likeness (QED) is 0.663. The molecule has 4 N–H and O–H groups in total. The fourth-order valence-electron chi connectivity index (χ4n) is 1.09. The summed E-state index contributed by atoms with van der Waals surface area (Å²) in [6, 6.07) is -0.430. The Balaban J connectivity index is 4.70. The molecule has 0 aromatic rings. The third-order valence-electron chi connectivity index (χ3n) is 2.31. The summed E-state index contributed by atoms with van der Waals surface area (Å²) in [6.07, 6.45) is -0.106. The number of hydrogen-bond acceptors (Lipinski definition) is 3. The summed E-state index contributed by atoms with van der Waals surface area (Å²) in [5.74, 6) is -1.27. The van der Waals surface area contributed by atoms with E-state index in [4.69, 9.17) is 10.8 Å². The Morgan fingerprint density at radius 3 is 1.94 bits per heavy atom. The Morgan fingerprint density at radius 2 is 1.69 bits per heavy atom. The summed E-state index contributed by atoms with van der Waals surface area (Å²) in [5.41, 5.74) is 4.32. The van der Waals surface area contributed by atoms with E-state index in [1.165, 1.54) is 0 Å². The first-order valence-corrected chi connectivity index (χ1v) is 5.26. The van der Waals surface area contributed by atoms with E-state index in [1.807, 2.05) is 20.8 Å². The lowest BCUT2D eigenvalue weighted by molar-refractivity contribution is -0.138. The van der Waals surface area contributed by atoms with E-state index in [2.05, 4.69) is 5.32 Å². The first-order valence-electron chi connectivity index (χ1n) is 5.26. The fourth-order valence-corrected chi connectivity index (χ4v) is 1.09. The summed E-state index contributed by atoms with van der Waals surface area (Å²) in [4.78, 5) is 22.4. The minimum atomic E-state index is -0.998. The molecule has 5 heteroatoms. The SMILES string of the molecule is CC(C)(N)C(=O)NC(CC(=O)O)C(C)(C)C. The largest absolute Gasteiger partial charge is 0.481 e. The first-order chi connectivity index (χ1) is 6.94. The average molecular weight is 230 g/mol. The normalized spacial score (nSPS) is 14.4. The predicted octanol–water partition coefficient (Wildman–Crippen LogP) is 0.729. The Bertz CT molecular complexity index is 274. The Morgan fingerprint density at radius 1 is 1.25 bits per heavy atom. The van der Waals surface area contributed by atoms with Gasteiger partial charge in [-0.05, 0) is 19.3 Å². The molecule has 1 amide bonds. The smallest absolute Gasteiger partial charge is 0.305 e. The van der Waals surface area contributed by atoms with Crippen molar-refractivity contribution in [1.82, 2.24) is 5.32 Å². The van der Waals surface area contributed by atoms with E-state index in [-0.39, 0.29) is 17.7 Å². The number of rotatable bonds is 4. The van der Waals surface area contributed by atoms with Crippen molar-refractivity contribution in [1.29, 1.82) is 0 Å². The zero-order valence-corrected chi connectivity index (χ0v) is 10.6. The maximum absolute atomic E-state index is 11.7. The topological polar surface area (TPSA) is 92.4 Å². The van der Waals surface area contributed by atoms with E-state index in [1.54, 1.807) is 13.8 Å². The second-order valence-corrected chi connectivity index (χ2v) is 5.71. The van der Waals surface area contributed by atoms with Gasteiger partial charge in [0.1, 0.15) is 0 Å². The number of carboxylic acid groups (broad SMARTS) is 1. The summed E-state index contributed by atoms with van der Waals surface area (Å²) in [7, 11) is 0. The third-order valence-corrected chi connectivity index (χ3v) is 2.31. The zero-order chi connectivity index (χ0) is 13.1. The van der Waals surface area contributed by atoms with Crippen molar-refractivity contribution in [3.63, 3.8) is 0 Å². The van der Waals surface area contributed by atoms with Crippen LogP contribution >= 0.6 is 0 Å². The molecule has 0 radical (unpaired) electrons. The van der Waals surface area contributed by atoms with Crippen LogP contribution in [0.5, 0.6) is 0 Å². The van der Waals surface area contributed by atoms with Gasteiger partial charge >= 0.3 is 5.97 Å². The maximum atomic E-state index is 11.7. The fraction of sp³-hybridized carbons (Fsp3) is 0.818. The van der Waals surface area contributed by atoms with Crippen molar-refractivity contribution < 1.29 is 14.7 Å². The Hall–Kier alpha value is -1.10. The molecule has 0 spiro atoms. The van der Waals surface area contributed by atoms with Gasteiger partial charge in [0.25, 0.3) is 0 Å². The summed E-state index contributed by atoms with van der Waals surface area (Å²) >= 11 is 0. The molecule has 0 saturated heterocycles. The van der Waals surface area contributed by atoms with Gasteiger partial charge in [0, 0.05) is 6.04 Å². The first kappa shape index (κ1) is 14.9. The number of nitrogens with one attached hydrogen (secondary N) is 1. The minimum absolute atomic E-state index is 0.106. The van der Waals surface area contributed by atoms with Crippen molar-refractivity contribution in [3.8, 4) is 0 Å². The van der Waals surface area contributed by atoms with Gasteiger partial charge in [-0.2, -0.15) is 0 Å². The van der Waals surface area contributed by atoms with Gasteiger partial charge in [-0.25, -0.2) is 0 Å². The van der Waals surface area contributed by atoms with Crippen LogP contribution in [-0.4, -0.2) is 28.6 Å². The van der Waals surface area contributed by atoms with Crippen LogP contribution in [-0.2, 0) is 9.59 Å². The van der Waals surface area contributed by atoms with E-state index in [0.29, 0.717) is 0 Å². The monoisotopic (exact) mass is 230 g/mol. The highest BCUT2D eigenvalue weighted by Crippen LogP contribution is 2.22. The van der Waals surface area contributed by atoms with Crippen molar-refractivity contribution >= 4 is 11.9 Å². The molecule has 0 fully saturated rings. The van der Waals surface area contributed by atoms with Gasteiger partial charge in [-0.15, -0.1) is 0 Å². The van der Waals surface area contributed by atoms with Gasteiger partial charge in [0.15, 0.2) is 0 Å². The Labute approximate surface area is 96.4 Å². The van der Waals surface area contributed by atoms with E-state index in [9.17, 15) is 9.59 Å². The van der Waals surface area contributed by atoms with Crippen molar-refractivity contribution in [2.75, 3.05) is 0 Å². The van der Waals surface area contributed by atoms with Crippen LogP contribution in [0, 0.1) is 5.41 Å². The number of nitrogens with two attached hydrogens (primary N) is 1. The molecule has 0 aromatic heterocycles. The standard InChI is InChI=1S/C11H22N2O3/c1-10(2,3)7(6-8(14)15)13-9(16)11(4,5)12/h7H,6,12H2,1-5H3,(H,13,16)(H,14,15). The van der Waals surface area contributed by atoms with Crippen LogP contribution in [0.25, 0.3) is 0 Å². The van der Waals surface area contributed by atoms with Crippen LogP contribution in [0.4, 0.5) is 0 Å². The number of carbonyl (C=O) groups excluding carboxylic acids is 1. The molecule has 0 heterocycles. The molecule has 1 unspecified atom stereocenters. The number of aliphatic carboxylic acids is 1. The lowest BCUT2D eigenvalue weighted by atomic mass is 9.84. The maximum Gasteiger partial charge on any atom is 0.305 e. The second-order valence-electron chi connectivity index (χ2n) is 5.71. The van der Waals surface area contributed by atoms with E-state index < -0.39 is 17.6 Å². The zero-order valence-electron chi connectivity index (χ0n) is 10.6. The molecule has 0 rings (SSSR count). The number of carboxylic acids is 1. The molecule has 94 valence electrons. The molecule has 0 aliphatic heterocycles. The molecule has 0 bridgehead atoms. The number of carbonyl (C=O) groups is 2. The third kappa shape index (κ3) is 5.11. The minimum Gasteiger partial charge on any atom is -0.481 e. The van der Waals surface area contributed by atoms with Crippen LogP contribution < -0.4 is 11.1 Å². The molecule has 1 atom stereocenters. The average Bonchev–Trinajstić information content (AvgIpc) is 1.98. The highest BCUT2D eigenvalue weighted by Gasteiger charge is 2.32. The second kappa shape index (κ2) is 4.82. The lowest BCUT2D eigenvalue weighted by Crippen LogP contribution is -2.55.